The normalized spacial score (nSPS) is 14.6. The van der Waals surface area contributed by atoms with Crippen LogP contribution in [0.25, 0.3) is 0 Å². The van der Waals surface area contributed by atoms with Gasteiger partial charge in [0.1, 0.15) is 0 Å². The van der Waals surface area contributed by atoms with E-state index in [0.717, 1.165) is 25.9 Å². The minimum atomic E-state index is -0.0646. The molecule has 0 radical (unpaired) electrons. The molecule has 0 aliphatic carbocycles. The van der Waals surface area contributed by atoms with Crippen molar-refractivity contribution in [2.45, 2.75) is 26.2 Å². The number of ether oxygens (including phenoxy) is 2. The number of piperidine rings is 1. The summed E-state index contributed by atoms with van der Waals surface area (Å²) in [6.07, 6.45) is 3.97. The van der Waals surface area contributed by atoms with Gasteiger partial charge in [-0.15, -0.1) is 0 Å². The molecule has 5 nitrogen and oxygen atoms in total. The highest BCUT2D eigenvalue weighted by Crippen LogP contribution is 2.30. The lowest BCUT2D eigenvalue weighted by atomic mass is 10.1. The van der Waals surface area contributed by atoms with Gasteiger partial charge in [-0.3, -0.25) is 9.59 Å². The molecule has 0 unspecified atom stereocenters. The second-order valence-corrected chi connectivity index (χ2v) is 4.96. The number of hydrogen-bond donors (Lipinski definition) is 0. The molecule has 1 aliphatic heterocycles. The molecule has 1 saturated heterocycles. The van der Waals surface area contributed by atoms with Crippen LogP contribution in [0, 0.1) is 0 Å². The van der Waals surface area contributed by atoms with Crippen molar-refractivity contribution in [3.05, 3.63) is 23.8 Å². The maximum absolute atomic E-state index is 12.1. The van der Waals surface area contributed by atoms with Gasteiger partial charge in [-0.1, -0.05) is 6.07 Å². The first kappa shape index (κ1) is 15.4. The Morgan fingerprint density at radius 1 is 1.24 bits per heavy atom. The van der Waals surface area contributed by atoms with Crippen molar-refractivity contribution in [2.75, 3.05) is 26.3 Å². The summed E-state index contributed by atoms with van der Waals surface area (Å²) in [5.74, 6) is 0.797. The largest absolute Gasteiger partial charge is 0.490 e. The van der Waals surface area contributed by atoms with E-state index in [1.807, 2.05) is 11.8 Å². The van der Waals surface area contributed by atoms with Crippen molar-refractivity contribution >= 4 is 12.2 Å². The van der Waals surface area contributed by atoms with Crippen LogP contribution in [0.15, 0.2) is 18.2 Å². The summed E-state index contributed by atoms with van der Waals surface area (Å²) >= 11 is 0. The van der Waals surface area contributed by atoms with E-state index in [9.17, 15) is 9.59 Å². The van der Waals surface area contributed by atoms with Crippen LogP contribution in [-0.4, -0.2) is 43.4 Å². The Balaban J connectivity index is 2.04. The minimum absolute atomic E-state index is 0.0437. The molecular formula is C16H21NO4. The molecular weight excluding hydrogens is 270 g/mol. The average molecular weight is 291 g/mol. The van der Waals surface area contributed by atoms with Gasteiger partial charge in [-0.2, -0.15) is 0 Å². The SMILES string of the molecule is CCOc1cccc(C=O)c1OCC(=O)N1CCCCC1. The molecule has 0 aromatic heterocycles. The molecule has 2 rings (SSSR count). The van der Waals surface area contributed by atoms with Crippen LogP contribution in [0.3, 0.4) is 0 Å². The fraction of sp³-hybridized carbons (Fsp3) is 0.500. The predicted molar refractivity (Wildman–Crippen MR) is 78.9 cm³/mol. The highest BCUT2D eigenvalue weighted by atomic mass is 16.5. The predicted octanol–water partition coefficient (Wildman–Crippen LogP) is 2.29. The zero-order chi connectivity index (χ0) is 15.1. The van der Waals surface area contributed by atoms with E-state index in [-0.39, 0.29) is 12.5 Å². The molecule has 0 atom stereocenters. The maximum atomic E-state index is 12.1. The Morgan fingerprint density at radius 3 is 2.67 bits per heavy atom. The van der Waals surface area contributed by atoms with Crippen molar-refractivity contribution in [1.82, 2.24) is 4.90 Å². The summed E-state index contributed by atoms with van der Waals surface area (Å²) in [7, 11) is 0. The van der Waals surface area contributed by atoms with Gasteiger partial charge in [0.25, 0.3) is 5.91 Å². The van der Waals surface area contributed by atoms with Gasteiger partial charge in [-0.05, 0) is 38.3 Å². The minimum Gasteiger partial charge on any atom is -0.490 e. The summed E-state index contributed by atoms with van der Waals surface area (Å²) in [6, 6.07) is 5.11. The van der Waals surface area contributed by atoms with Crippen LogP contribution in [0.5, 0.6) is 11.5 Å². The van der Waals surface area contributed by atoms with Gasteiger partial charge in [0.15, 0.2) is 24.4 Å². The molecule has 5 heteroatoms. The van der Waals surface area contributed by atoms with Crippen LogP contribution in [0.4, 0.5) is 0 Å². The maximum Gasteiger partial charge on any atom is 0.260 e. The number of benzene rings is 1. The summed E-state index contributed by atoms with van der Waals surface area (Å²) < 4.78 is 11.0. The Labute approximate surface area is 124 Å². The molecule has 1 amide bonds. The number of para-hydroxylation sites is 1. The molecule has 1 aromatic rings. The van der Waals surface area contributed by atoms with E-state index < -0.39 is 0 Å². The van der Waals surface area contributed by atoms with E-state index in [4.69, 9.17) is 9.47 Å². The Morgan fingerprint density at radius 2 is 2.00 bits per heavy atom. The summed E-state index contributed by atoms with van der Waals surface area (Å²) in [5, 5.41) is 0. The van der Waals surface area contributed by atoms with Gasteiger partial charge in [0, 0.05) is 13.1 Å². The topological polar surface area (TPSA) is 55.8 Å². The fourth-order valence-electron chi connectivity index (χ4n) is 2.42. The fourth-order valence-corrected chi connectivity index (χ4v) is 2.42. The van der Waals surface area contributed by atoms with Crippen molar-refractivity contribution in [2.24, 2.45) is 0 Å². The first-order valence-corrected chi connectivity index (χ1v) is 7.37. The van der Waals surface area contributed by atoms with Crippen LogP contribution >= 0.6 is 0 Å². The lowest BCUT2D eigenvalue weighted by Crippen LogP contribution is -2.38. The number of carbonyl (C=O) groups is 2. The van der Waals surface area contributed by atoms with E-state index in [1.165, 1.54) is 6.42 Å². The number of aldehydes is 1. The number of hydrogen-bond acceptors (Lipinski definition) is 4. The second kappa shape index (κ2) is 7.67. The van der Waals surface area contributed by atoms with Crippen LogP contribution in [-0.2, 0) is 4.79 Å². The number of nitrogens with zero attached hydrogens (tertiary/aromatic N) is 1. The van der Waals surface area contributed by atoms with Crippen LogP contribution < -0.4 is 9.47 Å². The Kier molecular flexibility index (Phi) is 5.60. The molecule has 0 saturated carbocycles. The van der Waals surface area contributed by atoms with Gasteiger partial charge in [0.2, 0.25) is 0 Å². The van der Waals surface area contributed by atoms with Crippen molar-refractivity contribution < 1.29 is 19.1 Å². The van der Waals surface area contributed by atoms with Gasteiger partial charge in [-0.25, -0.2) is 0 Å². The van der Waals surface area contributed by atoms with E-state index in [2.05, 4.69) is 0 Å². The van der Waals surface area contributed by atoms with E-state index in [0.29, 0.717) is 30.0 Å². The quantitative estimate of drug-likeness (QED) is 0.755. The van der Waals surface area contributed by atoms with Crippen LogP contribution in [0.1, 0.15) is 36.5 Å². The Bertz CT molecular complexity index is 495. The third-order valence-corrected chi connectivity index (χ3v) is 3.48. The zero-order valence-corrected chi connectivity index (χ0v) is 12.3. The second-order valence-electron chi connectivity index (χ2n) is 4.96. The van der Waals surface area contributed by atoms with Crippen molar-refractivity contribution in [3.63, 3.8) is 0 Å². The van der Waals surface area contributed by atoms with E-state index in [1.54, 1.807) is 18.2 Å². The standard InChI is InChI=1S/C16H21NO4/c1-2-20-14-8-6-7-13(11-18)16(14)21-12-15(19)17-9-4-3-5-10-17/h6-8,11H,2-5,9-10,12H2,1H3. The number of rotatable bonds is 6. The van der Waals surface area contributed by atoms with E-state index >= 15 is 0 Å². The molecule has 1 fully saturated rings. The molecule has 0 N–H and O–H groups in total. The third kappa shape index (κ3) is 3.97. The number of likely N-dealkylation sites (tertiary alicyclic amines) is 1. The summed E-state index contributed by atoms with van der Waals surface area (Å²) in [4.78, 5) is 25.0. The first-order chi connectivity index (χ1) is 10.3. The third-order valence-electron chi connectivity index (χ3n) is 3.48. The molecule has 114 valence electrons. The van der Waals surface area contributed by atoms with Gasteiger partial charge in [0.05, 0.1) is 12.2 Å². The monoisotopic (exact) mass is 291 g/mol. The highest BCUT2D eigenvalue weighted by molar-refractivity contribution is 5.82. The summed E-state index contributed by atoms with van der Waals surface area (Å²) in [5.41, 5.74) is 0.396. The molecule has 0 spiro atoms. The molecule has 21 heavy (non-hydrogen) atoms. The van der Waals surface area contributed by atoms with Crippen molar-refractivity contribution in [1.29, 1.82) is 0 Å². The lowest BCUT2D eigenvalue weighted by molar-refractivity contribution is -0.134. The summed E-state index contributed by atoms with van der Waals surface area (Å²) in [6.45, 7) is 3.84. The smallest absolute Gasteiger partial charge is 0.260 e. The Hall–Kier alpha value is -2.04. The van der Waals surface area contributed by atoms with Gasteiger partial charge >= 0.3 is 0 Å². The molecule has 1 aromatic carbocycles. The molecule has 1 heterocycles. The lowest BCUT2D eigenvalue weighted by Gasteiger charge is -2.26. The average Bonchev–Trinajstić information content (AvgIpc) is 2.54. The number of carbonyl (C=O) groups excluding carboxylic acids is 2. The number of amides is 1. The first-order valence-electron chi connectivity index (χ1n) is 7.37. The molecule has 0 bridgehead atoms. The van der Waals surface area contributed by atoms with Crippen LogP contribution in [0.2, 0.25) is 0 Å². The van der Waals surface area contributed by atoms with Crippen molar-refractivity contribution in [3.8, 4) is 11.5 Å². The van der Waals surface area contributed by atoms with Gasteiger partial charge < -0.3 is 14.4 Å². The highest BCUT2D eigenvalue weighted by Gasteiger charge is 2.18. The molecule has 1 aliphatic rings. The zero-order valence-electron chi connectivity index (χ0n) is 12.3.